The topological polar surface area (TPSA) is 45.5 Å². The molecule has 130 valence electrons. The Kier molecular flexibility index (Phi) is 10.1. The third-order valence-corrected chi connectivity index (χ3v) is 3.48. The SMILES string of the molecule is CC.C[n+]1ccc(/C=N/N(CCCCCN)c2ccccc2)cc1. The van der Waals surface area contributed by atoms with Crippen molar-refractivity contribution in [3.05, 3.63) is 60.4 Å². The van der Waals surface area contributed by atoms with Crippen LogP contribution in [0.25, 0.3) is 0 Å². The molecule has 4 heteroatoms. The first kappa shape index (κ1) is 19.8. The Bertz CT molecular complexity index is 564. The molecule has 1 aromatic carbocycles. The molecule has 0 aliphatic carbocycles. The molecule has 0 fully saturated rings. The first-order valence-electron chi connectivity index (χ1n) is 8.81. The van der Waals surface area contributed by atoms with Crippen LogP contribution in [0.4, 0.5) is 5.69 Å². The van der Waals surface area contributed by atoms with Crippen LogP contribution in [-0.2, 0) is 7.05 Å². The normalized spacial score (nSPS) is 10.3. The van der Waals surface area contributed by atoms with E-state index in [9.17, 15) is 0 Å². The number of benzene rings is 1. The fraction of sp³-hybridized carbons (Fsp3) is 0.400. The van der Waals surface area contributed by atoms with Crippen LogP contribution >= 0.6 is 0 Å². The maximum absolute atomic E-state index is 5.56. The van der Waals surface area contributed by atoms with E-state index in [0.717, 1.165) is 43.6 Å². The maximum Gasteiger partial charge on any atom is 0.169 e. The minimum absolute atomic E-state index is 0.760. The summed E-state index contributed by atoms with van der Waals surface area (Å²) < 4.78 is 2.01. The summed E-state index contributed by atoms with van der Waals surface area (Å²) >= 11 is 0. The van der Waals surface area contributed by atoms with Crippen LogP contribution < -0.4 is 15.3 Å². The first-order valence-corrected chi connectivity index (χ1v) is 8.81. The van der Waals surface area contributed by atoms with Gasteiger partial charge in [-0.15, -0.1) is 0 Å². The Labute approximate surface area is 146 Å². The van der Waals surface area contributed by atoms with Gasteiger partial charge < -0.3 is 5.73 Å². The van der Waals surface area contributed by atoms with Gasteiger partial charge in [-0.05, 0) is 31.5 Å². The lowest BCUT2D eigenvalue weighted by molar-refractivity contribution is -0.671. The molecule has 0 amide bonds. The highest BCUT2D eigenvalue weighted by molar-refractivity contribution is 5.79. The van der Waals surface area contributed by atoms with Gasteiger partial charge in [0.1, 0.15) is 7.05 Å². The van der Waals surface area contributed by atoms with Gasteiger partial charge in [-0.1, -0.05) is 38.5 Å². The van der Waals surface area contributed by atoms with Gasteiger partial charge >= 0.3 is 0 Å². The summed E-state index contributed by atoms with van der Waals surface area (Å²) in [6.07, 6.45) is 9.26. The fourth-order valence-corrected chi connectivity index (χ4v) is 2.17. The number of hydrazone groups is 1. The van der Waals surface area contributed by atoms with Crippen molar-refractivity contribution in [1.82, 2.24) is 0 Å². The number of rotatable bonds is 8. The van der Waals surface area contributed by atoms with E-state index in [1.54, 1.807) is 0 Å². The lowest BCUT2D eigenvalue weighted by Crippen LogP contribution is -2.26. The van der Waals surface area contributed by atoms with Crippen molar-refractivity contribution in [3.8, 4) is 0 Å². The minimum Gasteiger partial charge on any atom is -0.330 e. The Morgan fingerprint density at radius 3 is 2.29 bits per heavy atom. The fourth-order valence-electron chi connectivity index (χ4n) is 2.17. The summed E-state index contributed by atoms with van der Waals surface area (Å²) in [4.78, 5) is 0. The molecule has 0 saturated heterocycles. The number of aromatic nitrogens is 1. The molecule has 0 unspecified atom stereocenters. The number of hydrogen-bond donors (Lipinski definition) is 1. The van der Waals surface area contributed by atoms with Crippen LogP contribution in [0.15, 0.2) is 60.0 Å². The number of nitrogens with two attached hydrogens (primary N) is 1. The summed E-state index contributed by atoms with van der Waals surface area (Å²) in [7, 11) is 2.01. The average molecular weight is 327 g/mol. The number of aryl methyl sites for hydroxylation is 1. The molecule has 0 bridgehead atoms. The zero-order valence-corrected chi connectivity index (χ0v) is 15.2. The lowest BCUT2D eigenvalue weighted by Gasteiger charge is -2.19. The van der Waals surface area contributed by atoms with Gasteiger partial charge in [0, 0.05) is 24.2 Å². The monoisotopic (exact) mass is 327 g/mol. The standard InChI is InChI=1S/C18H25N4.C2H6/c1-21-14-10-17(11-15-21)16-20-22(13-7-3-6-12-19)18-8-4-2-5-9-18;1-2/h2,4-5,8-11,14-16H,3,6-7,12-13,19H2,1H3;1-2H3/q+1;. The molecule has 1 aromatic heterocycles. The summed E-state index contributed by atoms with van der Waals surface area (Å²) in [5, 5.41) is 6.72. The Morgan fingerprint density at radius 2 is 1.67 bits per heavy atom. The summed E-state index contributed by atoms with van der Waals surface area (Å²) in [6, 6.07) is 14.4. The van der Waals surface area contributed by atoms with E-state index in [0.29, 0.717) is 0 Å². The second-order valence-corrected chi connectivity index (χ2v) is 5.35. The van der Waals surface area contributed by atoms with Crippen molar-refractivity contribution in [2.24, 2.45) is 17.9 Å². The van der Waals surface area contributed by atoms with E-state index in [2.05, 4.69) is 34.4 Å². The van der Waals surface area contributed by atoms with E-state index in [1.165, 1.54) is 0 Å². The Hall–Kier alpha value is -2.20. The first-order chi connectivity index (χ1) is 11.8. The largest absolute Gasteiger partial charge is 0.330 e. The lowest BCUT2D eigenvalue weighted by atomic mass is 10.2. The molecule has 0 atom stereocenters. The smallest absolute Gasteiger partial charge is 0.169 e. The second-order valence-electron chi connectivity index (χ2n) is 5.35. The third-order valence-electron chi connectivity index (χ3n) is 3.48. The van der Waals surface area contributed by atoms with E-state index < -0.39 is 0 Å². The Balaban J connectivity index is 0.00000139. The molecule has 2 aromatic rings. The zero-order valence-electron chi connectivity index (χ0n) is 15.2. The summed E-state index contributed by atoms with van der Waals surface area (Å²) in [5.41, 5.74) is 7.77. The number of nitrogens with zero attached hydrogens (tertiary/aromatic N) is 3. The predicted octanol–water partition coefficient (Wildman–Crippen LogP) is 3.51. The van der Waals surface area contributed by atoms with E-state index in [4.69, 9.17) is 5.73 Å². The second kappa shape index (κ2) is 12.3. The Morgan fingerprint density at radius 1 is 1.00 bits per heavy atom. The summed E-state index contributed by atoms with van der Waals surface area (Å²) in [5.74, 6) is 0. The highest BCUT2D eigenvalue weighted by Gasteiger charge is 2.03. The number of anilines is 1. The molecule has 0 saturated carbocycles. The maximum atomic E-state index is 5.56. The van der Waals surface area contributed by atoms with Crippen LogP contribution in [-0.4, -0.2) is 19.3 Å². The molecule has 2 rings (SSSR count). The van der Waals surface area contributed by atoms with Gasteiger partial charge in [0.2, 0.25) is 0 Å². The van der Waals surface area contributed by atoms with Crippen LogP contribution in [0.2, 0.25) is 0 Å². The molecule has 0 radical (unpaired) electrons. The van der Waals surface area contributed by atoms with Crippen molar-refractivity contribution in [2.45, 2.75) is 33.1 Å². The minimum atomic E-state index is 0.760. The van der Waals surface area contributed by atoms with E-state index in [-0.39, 0.29) is 0 Å². The van der Waals surface area contributed by atoms with E-state index >= 15 is 0 Å². The molecule has 2 N–H and O–H groups in total. The van der Waals surface area contributed by atoms with Gasteiger partial charge in [-0.25, -0.2) is 4.57 Å². The van der Waals surface area contributed by atoms with Crippen LogP contribution in [0.1, 0.15) is 38.7 Å². The number of para-hydroxylation sites is 1. The van der Waals surface area contributed by atoms with Crippen molar-refractivity contribution in [1.29, 1.82) is 0 Å². The van der Waals surface area contributed by atoms with Crippen molar-refractivity contribution in [3.63, 3.8) is 0 Å². The van der Waals surface area contributed by atoms with Gasteiger partial charge in [-0.2, -0.15) is 5.10 Å². The number of unbranched alkanes of at least 4 members (excludes halogenated alkanes) is 2. The highest BCUT2D eigenvalue weighted by Crippen LogP contribution is 2.14. The third kappa shape index (κ3) is 7.38. The molecule has 1 heterocycles. The number of hydrogen-bond acceptors (Lipinski definition) is 3. The highest BCUT2D eigenvalue weighted by atomic mass is 15.4. The molecule has 24 heavy (non-hydrogen) atoms. The summed E-state index contributed by atoms with van der Waals surface area (Å²) in [6.45, 7) is 5.66. The van der Waals surface area contributed by atoms with Crippen LogP contribution in [0, 0.1) is 0 Å². The van der Waals surface area contributed by atoms with Crippen molar-refractivity contribution >= 4 is 11.9 Å². The molecule has 0 aliphatic rings. The van der Waals surface area contributed by atoms with E-state index in [1.807, 2.05) is 62.3 Å². The predicted molar refractivity (Wildman–Crippen MR) is 103 cm³/mol. The zero-order chi connectivity index (χ0) is 17.6. The molecule has 4 nitrogen and oxygen atoms in total. The molecule has 0 aliphatic heterocycles. The number of pyridine rings is 1. The van der Waals surface area contributed by atoms with Crippen molar-refractivity contribution < 1.29 is 4.57 Å². The molecular weight excluding hydrogens is 296 g/mol. The van der Waals surface area contributed by atoms with Crippen LogP contribution in [0.3, 0.4) is 0 Å². The van der Waals surface area contributed by atoms with Gasteiger partial charge in [0.15, 0.2) is 12.4 Å². The van der Waals surface area contributed by atoms with Gasteiger partial charge in [0.25, 0.3) is 0 Å². The van der Waals surface area contributed by atoms with Crippen molar-refractivity contribution in [2.75, 3.05) is 18.1 Å². The molecular formula is C20H31N4+. The van der Waals surface area contributed by atoms with Crippen LogP contribution in [0.5, 0.6) is 0 Å². The average Bonchev–Trinajstić information content (AvgIpc) is 2.65. The quantitative estimate of drug-likeness (QED) is 0.349. The molecule has 0 spiro atoms. The van der Waals surface area contributed by atoms with Gasteiger partial charge in [0.05, 0.1) is 11.9 Å². The van der Waals surface area contributed by atoms with Gasteiger partial charge in [-0.3, -0.25) is 5.01 Å².